The van der Waals surface area contributed by atoms with Gasteiger partial charge in [0, 0.05) is 27.9 Å². The van der Waals surface area contributed by atoms with Crippen molar-refractivity contribution < 1.29 is 9.59 Å². The quantitative estimate of drug-likeness (QED) is 0.289. The number of halogens is 2. The first kappa shape index (κ1) is 38.8. The third-order valence-electron chi connectivity index (χ3n) is 8.42. The molecule has 6 nitrogen and oxygen atoms in total. The highest BCUT2D eigenvalue weighted by atomic mass is 35.5. The van der Waals surface area contributed by atoms with E-state index in [9.17, 15) is 9.59 Å². The van der Waals surface area contributed by atoms with Gasteiger partial charge in [0.1, 0.15) is 0 Å². The first-order valence-corrected chi connectivity index (χ1v) is 17.5. The van der Waals surface area contributed by atoms with E-state index >= 15 is 0 Å². The maximum Gasteiger partial charge on any atom is 0.186 e. The molecule has 0 atom stereocenters. The number of allylic oxidation sites excluding steroid dienone is 10. The lowest BCUT2D eigenvalue weighted by atomic mass is 9.72. The highest BCUT2D eigenvalue weighted by molar-refractivity contribution is 6.42. The summed E-state index contributed by atoms with van der Waals surface area (Å²) in [6, 6.07) is 11.0. The van der Waals surface area contributed by atoms with Gasteiger partial charge < -0.3 is 0 Å². The third-order valence-corrected chi connectivity index (χ3v) is 9.15. The van der Waals surface area contributed by atoms with Crippen LogP contribution in [0.4, 0.5) is 11.4 Å². The van der Waals surface area contributed by atoms with Crippen LogP contribution < -0.4 is 0 Å². The number of hydrogen-bond donors (Lipinski definition) is 0. The fourth-order valence-corrected chi connectivity index (χ4v) is 5.88. The summed E-state index contributed by atoms with van der Waals surface area (Å²) in [6.07, 6.45) is 10.9. The number of azo groups is 2. The number of carbonyl (C=O) groups excluding carboxylic acids is 2. The fraction of sp³-hybridized carbons (Fsp3) is 0.381. The molecule has 0 unspecified atom stereocenters. The first-order chi connectivity index (χ1) is 23.0. The number of carbonyl (C=O) groups is 2. The number of ketones is 2. The van der Waals surface area contributed by atoms with E-state index in [1.54, 1.807) is 24.5 Å². The van der Waals surface area contributed by atoms with Gasteiger partial charge in [0.25, 0.3) is 0 Å². The van der Waals surface area contributed by atoms with Gasteiger partial charge in [0.15, 0.2) is 11.6 Å². The smallest absolute Gasteiger partial charge is 0.186 e. The van der Waals surface area contributed by atoms with Crippen LogP contribution in [0.15, 0.2) is 127 Å². The van der Waals surface area contributed by atoms with E-state index in [0.29, 0.717) is 21.4 Å². The summed E-state index contributed by atoms with van der Waals surface area (Å²) in [7, 11) is 0. The predicted molar refractivity (Wildman–Crippen MR) is 207 cm³/mol. The Labute approximate surface area is 307 Å². The molecular formula is C42H48Cl2N4O2. The molecule has 0 bridgehead atoms. The van der Waals surface area contributed by atoms with Gasteiger partial charge in [-0.1, -0.05) is 118 Å². The largest absolute Gasteiger partial charge is 0.289 e. The maximum atomic E-state index is 13.3. The Balaban J connectivity index is 1.64. The topological polar surface area (TPSA) is 83.6 Å². The van der Waals surface area contributed by atoms with Gasteiger partial charge >= 0.3 is 0 Å². The van der Waals surface area contributed by atoms with Gasteiger partial charge in [-0.15, -0.1) is 0 Å². The van der Waals surface area contributed by atoms with Crippen molar-refractivity contribution in [3.8, 4) is 11.1 Å². The van der Waals surface area contributed by atoms with Gasteiger partial charge in [-0.3, -0.25) is 9.59 Å². The highest BCUT2D eigenvalue weighted by Crippen LogP contribution is 2.41. The molecule has 0 fully saturated rings. The summed E-state index contributed by atoms with van der Waals surface area (Å²) in [4.78, 5) is 26.5. The van der Waals surface area contributed by atoms with Crippen molar-refractivity contribution in [3.05, 3.63) is 117 Å². The Morgan fingerprint density at radius 3 is 1.26 bits per heavy atom. The summed E-state index contributed by atoms with van der Waals surface area (Å²) < 4.78 is 0. The number of nitrogens with zero attached hydrogens (tertiary/aromatic N) is 4. The van der Waals surface area contributed by atoms with Gasteiger partial charge in [0.05, 0.1) is 33.8 Å². The van der Waals surface area contributed by atoms with Crippen LogP contribution in [0.1, 0.15) is 83.1 Å². The van der Waals surface area contributed by atoms with Crippen molar-refractivity contribution in [2.45, 2.75) is 83.1 Å². The molecule has 4 rings (SSSR count). The van der Waals surface area contributed by atoms with Crippen molar-refractivity contribution in [3.63, 3.8) is 0 Å². The number of benzene rings is 2. The maximum absolute atomic E-state index is 13.3. The molecule has 2 aliphatic carbocycles. The fourth-order valence-electron chi connectivity index (χ4n) is 5.56. The van der Waals surface area contributed by atoms with Gasteiger partial charge in [-0.2, -0.15) is 20.5 Å². The minimum absolute atomic E-state index is 0.0639. The van der Waals surface area contributed by atoms with Crippen LogP contribution in [0.25, 0.3) is 11.1 Å². The number of hydrogen-bond acceptors (Lipinski definition) is 6. The Morgan fingerprint density at radius 2 is 0.880 bits per heavy atom. The Bertz CT molecular complexity index is 1890. The van der Waals surface area contributed by atoms with Crippen LogP contribution in [-0.4, -0.2) is 11.6 Å². The Hall–Kier alpha value is -4.00. The second kappa shape index (κ2) is 14.3. The van der Waals surface area contributed by atoms with Crippen LogP contribution in [0.5, 0.6) is 0 Å². The predicted octanol–water partition coefficient (Wildman–Crippen LogP) is 13.7. The van der Waals surface area contributed by atoms with E-state index in [-0.39, 0.29) is 33.2 Å². The average molecular weight is 712 g/mol. The average Bonchev–Trinajstić information content (AvgIpc) is 2.98. The summed E-state index contributed by atoms with van der Waals surface area (Å²) in [5, 5.41) is 18.5. The van der Waals surface area contributed by atoms with E-state index in [2.05, 4.69) is 20.5 Å². The summed E-state index contributed by atoms with van der Waals surface area (Å²) in [5.74, 6) is 0.144. The molecule has 0 spiro atoms. The van der Waals surface area contributed by atoms with Crippen LogP contribution in [0, 0.1) is 21.7 Å². The van der Waals surface area contributed by atoms with Crippen molar-refractivity contribution >= 4 is 46.1 Å². The Kier molecular flexibility index (Phi) is 11.1. The molecule has 262 valence electrons. The molecular weight excluding hydrogens is 663 g/mol. The normalized spacial score (nSPS) is 16.5. The van der Waals surface area contributed by atoms with Crippen LogP contribution >= 0.6 is 23.2 Å². The monoisotopic (exact) mass is 710 g/mol. The van der Waals surface area contributed by atoms with E-state index in [0.717, 1.165) is 44.6 Å². The molecule has 2 aromatic carbocycles. The van der Waals surface area contributed by atoms with E-state index in [4.69, 9.17) is 23.2 Å². The SMILES string of the molecule is CC(C)(C)C1=CC(=C/N=N\c2cc(Cl)c(Cl)cc2-c2ccc(/N=N/C=C3C=C(C(C)(C)C)C(=O)C(C(C)(C)C)=C3)cc2)C=C(C(C)(C)C)C1=O. The van der Waals surface area contributed by atoms with Crippen molar-refractivity contribution in [1.29, 1.82) is 0 Å². The molecule has 2 aliphatic rings. The Morgan fingerprint density at radius 1 is 0.520 bits per heavy atom. The van der Waals surface area contributed by atoms with Crippen LogP contribution in [0.2, 0.25) is 10.0 Å². The summed E-state index contributed by atoms with van der Waals surface area (Å²) in [5.41, 5.74) is 6.14. The summed E-state index contributed by atoms with van der Waals surface area (Å²) >= 11 is 12.9. The lowest BCUT2D eigenvalue weighted by molar-refractivity contribution is -0.114. The molecule has 0 amide bonds. The zero-order chi connectivity index (χ0) is 37.4. The van der Waals surface area contributed by atoms with Crippen LogP contribution in [-0.2, 0) is 9.59 Å². The second-order valence-electron chi connectivity index (χ2n) is 16.9. The van der Waals surface area contributed by atoms with E-state index in [1.807, 2.05) is 132 Å². The molecule has 0 aliphatic heterocycles. The molecule has 0 saturated heterocycles. The molecule has 0 aromatic heterocycles. The zero-order valence-corrected chi connectivity index (χ0v) is 32.8. The minimum Gasteiger partial charge on any atom is -0.289 e. The molecule has 0 saturated carbocycles. The van der Waals surface area contributed by atoms with Crippen molar-refractivity contribution in [2.75, 3.05) is 0 Å². The number of rotatable bonds is 5. The van der Waals surface area contributed by atoms with Gasteiger partial charge in [-0.05, 0) is 86.9 Å². The second-order valence-corrected chi connectivity index (χ2v) is 17.7. The van der Waals surface area contributed by atoms with Crippen molar-refractivity contribution in [2.24, 2.45) is 42.1 Å². The van der Waals surface area contributed by atoms with E-state index < -0.39 is 0 Å². The zero-order valence-electron chi connectivity index (χ0n) is 31.3. The molecule has 0 N–H and O–H groups in total. The molecule has 8 heteroatoms. The molecule has 50 heavy (non-hydrogen) atoms. The molecule has 2 aromatic rings. The van der Waals surface area contributed by atoms with E-state index in [1.165, 1.54) is 0 Å². The molecule has 0 heterocycles. The first-order valence-electron chi connectivity index (χ1n) is 16.8. The third kappa shape index (κ3) is 9.21. The van der Waals surface area contributed by atoms with Crippen LogP contribution in [0.3, 0.4) is 0 Å². The van der Waals surface area contributed by atoms with Gasteiger partial charge in [0.2, 0.25) is 0 Å². The summed E-state index contributed by atoms with van der Waals surface area (Å²) in [6.45, 7) is 24.5. The number of Topliss-reactive ketones (excluding diaryl/α,β-unsaturated/α-hetero) is 2. The minimum atomic E-state index is -0.326. The highest BCUT2D eigenvalue weighted by Gasteiger charge is 2.35. The van der Waals surface area contributed by atoms with Crippen molar-refractivity contribution in [1.82, 2.24) is 0 Å². The standard InChI is InChI=1S/C42H48Cl2N4O2/c1-39(2,3)30-17-25(18-31(37(30)49)40(4,5)6)23-45-47-28-15-13-27(14-16-28)29-21-34(43)35(44)22-36(29)48-46-24-26-19-32(41(7,8)9)38(50)33(20-26)42(10,11)12/h13-24H,1-12H3/b47-45+,48-46-. The molecule has 0 radical (unpaired) electrons. The lowest BCUT2D eigenvalue weighted by Gasteiger charge is -2.31. The van der Waals surface area contributed by atoms with Gasteiger partial charge in [-0.25, -0.2) is 0 Å². The lowest BCUT2D eigenvalue weighted by Crippen LogP contribution is -2.27.